The second-order valence-electron chi connectivity index (χ2n) is 8.76. The maximum absolute atomic E-state index is 15.6. The van der Waals surface area contributed by atoms with Gasteiger partial charge in [-0.05, 0) is 77.2 Å². The molecule has 0 unspecified atom stereocenters. The molecule has 1 spiro atoms. The van der Waals surface area contributed by atoms with Gasteiger partial charge in [0.1, 0.15) is 22.8 Å². The van der Waals surface area contributed by atoms with E-state index < -0.39 is 24.0 Å². The van der Waals surface area contributed by atoms with Crippen molar-refractivity contribution in [3.8, 4) is 11.5 Å². The lowest BCUT2D eigenvalue weighted by Crippen LogP contribution is -2.41. The van der Waals surface area contributed by atoms with Gasteiger partial charge in [-0.15, -0.1) is 0 Å². The predicted octanol–water partition coefficient (Wildman–Crippen LogP) is 4.80. The Morgan fingerprint density at radius 1 is 1.08 bits per heavy atom. The molecule has 0 atom stereocenters. The molecule has 2 aliphatic heterocycles. The van der Waals surface area contributed by atoms with E-state index in [9.17, 15) is 5.11 Å². The summed E-state index contributed by atoms with van der Waals surface area (Å²) in [6.07, 6.45) is 4.46. The molecule has 0 amide bonds. The molecule has 2 heterocycles. The van der Waals surface area contributed by atoms with Gasteiger partial charge in [0.15, 0.2) is 0 Å². The fourth-order valence-electron chi connectivity index (χ4n) is 4.13. The van der Waals surface area contributed by atoms with E-state index in [0.29, 0.717) is 23.3 Å². The second-order valence-corrected chi connectivity index (χ2v) is 8.76. The van der Waals surface area contributed by atoms with Crippen LogP contribution in [0.2, 0.25) is 0 Å². The minimum Gasteiger partial charge on any atom is -0.508 e. The van der Waals surface area contributed by atoms with Crippen molar-refractivity contribution in [1.29, 1.82) is 0 Å². The molecular formula is C20H26BFO4. The Bertz CT molecular complexity index is 749. The molecule has 0 radical (unpaired) electrons. The van der Waals surface area contributed by atoms with Crippen molar-refractivity contribution < 1.29 is 23.5 Å². The van der Waals surface area contributed by atoms with Crippen molar-refractivity contribution in [2.24, 2.45) is 0 Å². The van der Waals surface area contributed by atoms with Crippen LogP contribution in [0.5, 0.6) is 11.5 Å². The summed E-state index contributed by atoms with van der Waals surface area (Å²) in [4.78, 5) is 0. The molecule has 1 saturated carbocycles. The van der Waals surface area contributed by atoms with Crippen LogP contribution in [0.15, 0.2) is 23.9 Å². The molecule has 1 saturated heterocycles. The summed E-state index contributed by atoms with van der Waals surface area (Å²) in [6, 6.07) is 4.87. The fraction of sp³-hybridized carbons (Fsp3) is 0.600. The van der Waals surface area contributed by atoms with Gasteiger partial charge in [-0.2, -0.15) is 0 Å². The van der Waals surface area contributed by atoms with Crippen molar-refractivity contribution in [2.45, 2.75) is 76.6 Å². The van der Waals surface area contributed by atoms with Gasteiger partial charge in [0.05, 0.1) is 11.2 Å². The maximum Gasteiger partial charge on any atom is 0.525 e. The number of phenols is 1. The number of ether oxygens (including phenoxy) is 1. The maximum atomic E-state index is 15.6. The molecule has 3 aliphatic rings. The molecule has 1 aliphatic carbocycles. The van der Waals surface area contributed by atoms with Crippen molar-refractivity contribution in [3.63, 3.8) is 0 Å². The number of fused-ring (bicyclic) bond motifs is 1. The van der Waals surface area contributed by atoms with E-state index in [4.69, 9.17) is 14.0 Å². The van der Waals surface area contributed by atoms with Crippen LogP contribution in [0.4, 0.5) is 4.39 Å². The number of hydrogen-bond donors (Lipinski definition) is 1. The van der Waals surface area contributed by atoms with Crippen LogP contribution in [0, 0.1) is 0 Å². The monoisotopic (exact) mass is 360 g/mol. The van der Waals surface area contributed by atoms with E-state index in [-0.39, 0.29) is 11.4 Å². The van der Waals surface area contributed by atoms with E-state index in [1.54, 1.807) is 18.2 Å². The first-order valence-electron chi connectivity index (χ1n) is 9.39. The van der Waals surface area contributed by atoms with Crippen molar-refractivity contribution >= 4 is 12.7 Å². The zero-order valence-electron chi connectivity index (χ0n) is 15.9. The SMILES string of the molecule is CC1(C)OB(C(F)=C2CC3(CCCC3)Oc3ccc(O)cc32)OC1(C)C. The minimum absolute atomic E-state index is 0.0916. The van der Waals surface area contributed by atoms with E-state index in [2.05, 4.69) is 0 Å². The highest BCUT2D eigenvalue weighted by atomic mass is 19.1. The van der Waals surface area contributed by atoms with Crippen LogP contribution in [-0.2, 0) is 9.31 Å². The molecule has 6 heteroatoms. The number of phenolic OH excluding ortho intramolecular Hbond substituents is 1. The van der Waals surface area contributed by atoms with Crippen LogP contribution in [-0.4, -0.2) is 29.0 Å². The van der Waals surface area contributed by atoms with Crippen LogP contribution >= 0.6 is 0 Å². The average Bonchev–Trinajstić information content (AvgIpc) is 3.08. The Morgan fingerprint density at radius 3 is 2.31 bits per heavy atom. The van der Waals surface area contributed by atoms with Gasteiger partial charge >= 0.3 is 7.12 Å². The van der Waals surface area contributed by atoms with Crippen LogP contribution < -0.4 is 4.74 Å². The van der Waals surface area contributed by atoms with Gasteiger partial charge in [-0.25, -0.2) is 4.39 Å². The van der Waals surface area contributed by atoms with Crippen molar-refractivity contribution in [3.05, 3.63) is 29.5 Å². The number of aromatic hydroxyl groups is 1. The number of halogens is 1. The van der Waals surface area contributed by atoms with Crippen molar-refractivity contribution in [2.75, 3.05) is 0 Å². The van der Waals surface area contributed by atoms with E-state index in [1.165, 1.54) is 0 Å². The summed E-state index contributed by atoms with van der Waals surface area (Å²) in [7, 11) is -1.04. The lowest BCUT2D eigenvalue weighted by molar-refractivity contribution is 0.00578. The molecule has 4 nitrogen and oxygen atoms in total. The Kier molecular flexibility index (Phi) is 3.94. The normalized spacial score (nSPS) is 27.3. The highest BCUT2D eigenvalue weighted by Gasteiger charge is 2.54. The standard InChI is InChI=1S/C20H26BFO4/c1-18(2)19(3,4)26-21(25-18)17(22)15-12-20(9-5-6-10-20)24-16-8-7-13(23)11-14(15)16/h7-8,11,23H,5-6,9-10,12H2,1-4H3. The summed E-state index contributed by atoms with van der Waals surface area (Å²) in [5, 5.41) is 9.91. The lowest BCUT2D eigenvalue weighted by Gasteiger charge is -2.37. The van der Waals surface area contributed by atoms with Crippen molar-refractivity contribution in [1.82, 2.24) is 0 Å². The summed E-state index contributed by atoms with van der Waals surface area (Å²) in [6.45, 7) is 7.64. The smallest absolute Gasteiger partial charge is 0.508 e. The molecular weight excluding hydrogens is 334 g/mol. The molecule has 1 N–H and O–H groups in total. The Balaban J connectivity index is 1.79. The first-order chi connectivity index (χ1) is 12.1. The number of benzene rings is 1. The van der Waals surface area contributed by atoms with Gasteiger partial charge in [0.25, 0.3) is 0 Å². The Morgan fingerprint density at radius 2 is 1.69 bits per heavy atom. The number of rotatable bonds is 1. The van der Waals surface area contributed by atoms with E-state index in [0.717, 1.165) is 25.7 Å². The van der Waals surface area contributed by atoms with Gasteiger partial charge in [0, 0.05) is 12.0 Å². The molecule has 26 heavy (non-hydrogen) atoms. The average molecular weight is 360 g/mol. The summed E-state index contributed by atoms with van der Waals surface area (Å²) in [5.41, 5.74) is -0.858. The van der Waals surface area contributed by atoms with Crippen LogP contribution in [0.1, 0.15) is 65.4 Å². The third-order valence-electron chi connectivity index (χ3n) is 6.38. The highest BCUT2D eigenvalue weighted by Crippen LogP contribution is 2.50. The third-order valence-corrected chi connectivity index (χ3v) is 6.38. The highest BCUT2D eigenvalue weighted by molar-refractivity contribution is 6.55. The first kappa shape index (κ1) is 17.9. The van der Waals surface area contributed by atoms with Gasteiger partial charge in [-0.1, -0.05) is 0 Å². The summed E-state index contributed by atoms with van der Waals surface area (Å²) < 4.78 is 33.7. The van der Waals surface area contributed by atoms with E-state index >= 15 is 4.39 Å². The first-order valence-corrected chi connectivity index (χ1v) is 9.39. The summed E-state index contributed by atoms with van der Waals surface area (Å²) >= 11 is 0. The lowest BCUT2D eigenvalue weighted by atomic mass is 9.77. The Labute approximate surface area is 154 Å². The molecule has 0 aromatic heterocycles. The predicted molar refractivity (Wildman–Crippen MR) is 98.7 cm³/mol. The molecule has 140 valence electrons. The molecule has 1 aromatic carbocycles. The third kappa shape index (κ3) is 2.74. The topological polar surface area (TPSA) is 47.9 Å². The van der Waals surface area contributed by atoms with Gasteiger partial charge < -0.3 is 19.2 Å². The van der Waals surface area contributed by atoms with E-state index in [1.807, 2.05) is 27.7 Å². The van der Waals surface area contributed by atoms with Gasteiger partial charge in [-0.3, -0.25) is 0 Å². The minimum atomic E-state index is -1.04. The van der Waals surface area contributed by atoms with Crippen LogP contribution in [0.3, 0.4) is 0 Å². The second kappa shape index (κ2) is 5.73. The number of hydrogen-bond acceptors (Lipinski definition) is 4. The summed E-state index contributed by atoms with van der Waals surface area (Å²) in [5.74, 6) is 0.714. The zero-order valence-corrected chi connectivity index (χ0v) is 15.9. The van der Waals surface area contributed by atoms with Gasteiger partial charge in [0.2, 0.25) is 0 Å². The largest absolute Gasteiger partial charge is 0.525 e. The molecule has 1 aromatic rings. The molecule has 2 fully saturated rings. The Hall–Kier alpha value is -1.53. The zero-order chi connectivity index (χ0) is 18.7. The fourth-order valence-corrected chi connectivity index (χ4v) is 4.13. The quantitative estimate of drug-likeness (QED) is 0.731. The molecule has 0 bridgehead atoms. The van der Waals surface area contributed by atoms with Crippen LogP contribution in [0.25, 0.3) is 5.57 Å². The molecule has 4 rings (SSSR count).